The summed E-state index contributed by atoms with van der Waals surface area (Å²) in [6, 6.07) is 14.2. The van der Waals surface area contributed by atoms with Crippen LogP contribution >= 0.6 is 11.6 Å². The molecule has 0 aromatic heterocycles. The Hall–Kier alpha value is -1.78. The fraction of sp³-hybridized carbons (Fsp3) is 0.263. The largest absolute Gasteiger partial charge is 0.417 e. The SMILES string of the molecule is FC(F)(F)c1cc(C2=CCCN(Cc3ccccc3)C2)ccc1Cl. The third-order valence-corrected chi connectivity index (χ3v) is 4.45. The number of hydrogen-bond donors (Lipinski definition) is 0. The maximum atomic E-state index is 13.0. The third kappa shape index (κ3) is 4.00. The molecule has 0 amide bonds. The van der Waals surface area contributed by atoms with Crippen LogP contribution in [0.15, 0.2) is 54.6 Å². The first-order chi connectivity index (χ1) is 11.4. The minimum absolute atomic E-state index is 0.260. The van der Waals surface area contributed by atoms with Crippen molar-refractivity contribution in [1.82, 2.24) is 4.90 Å². The highest BCUT2D eigenvalue weighted by atomic mass is 35.5. The van der Waals surface area contributed by atoms with E-state index in [4.69, 9.17) is 11.6 Å². The van der Waals surface area contributed by atoms with Crippen molar-refractivity contribution < 1.29 is 13.2 Å². The molecule has 3 rings (SSSR count). The van der Waals surface area contributed by atoms with E-state index < -0.39 is 11.7 Å². The molecule has 1 heterocycles. The zero-order valence-electron chi connectivity index (χ0n) is 13.0. The average molecular weight is 352 g/mol. The van der Waals surface area contributed by atoms with Crippen molar-refractivity contribution >= 4 is 17.2 Å². The van der Waals surface area contributed by atoms with Gasteiger partial charge in [-0.25, -0.2) is 0 Å². The first-order valence-electron chi connectivity index (χ1n) is 7.76. The summed E-state index contributed by atoms with van der Waals surface area (Å²) in [5, 5.41) is -0.260. The molecule has 0 atom stereocenters. The van der Waals surface area contributed by atoms with Crippen molar-refractivity contribution in [2.45, 2.75) is 19.1 Å². The lowest BCUT2D eigenvalue weighted by atomic mass is 9.98. The van der Waals surface area contributed by atoms with Crippen LogP contribution in [0.4, 0.5) is 13.2 Å². The minimum Gasteiger partial charge on any atom is -0.295 e. The minimum atomic E-state index is -4.44. The molecule has 1 nitrogen and oxygen atoms in total. The lowest BCUT2D eigenvalue weighted by Crippen LogP contribution is -2.29. The molecule has 0 saturated heterocycles. The molecule has 0 spiro atoms. The Kier molecular flexibility index (Phi) is 4.97. The number of benzene rings is 2. The second-order valence-electron chi connectivity index (χ2n) is 5.91. The normalized spacial score (nSPS) is 16.1. The molecular formula is C19H17ClF3N. The number of rotatable bonds is 3. The summed E-state index contributed by atoms with van der Waals surface area (Å²) < 4.78 is 39.1. The number of halogens is 4. The van der Waals surface area contributed by atoms with E-state index in [1.165, 1.54) is 11.6 Å². The van der Waals surface area contributed by atoms with Gasteiger partial charge in [-0.05, 0) is 35.3 Å². The molecule has 2 aromatic carbocycles. The standard InChI is InChI=1S/C19H17ClF3N/c20-18-9-8-15(11-17(18)19(21,22)23)16-7-4-10-24(13-16)12-14-5-2-1-3-6-14/h1-3,5-9,11H,4,10,12-13H2. The highest BCUT2D eigenvalue weighted by Gasteiger charge is 2.33. The van der Waals surface area contributed by atoms with E-state index in [2.05, 4.69) is 17.0 Å². The van der Waals surface area contributed by atoms with Crippen LogP contribution in [0.1, 0.15) is 23.1 Å². The molecule has 24 heavy (non-hydrogen) atoms. The smallest absolute Gasteiger partial charge is 0.295 e. The van der Waals surface area contributed by atoms with Gasteiger partial charge in [0.2, 0.25) is 0 Å². The van der Waals surface area contributed by atoms with E-state index in [1.54, 1.807) is 6.07 Å². The van der Waals surface area contributed by atoms with Gasteiger partial charge in [-0.2, -0.15) is 13.2 Å². The highest BCUT2D eigenvalue weighted by molar-refractivity contribution is 6.31. The van der Waals surface area contributed by atoms with Crippen molar-refractivity contribution in [1.29, 1.82) is 0 Å². The van der Waals surface area contributed by atoms with Crippen molar-refractivity contribution in [2.75, 3.05) is 13.1 Å². The molecule has 0 bridgehead atoms. The van der Waals surface area contributed by atoms with Crippen LogP contribution < -0.4 is 0 Å². The van der Waals surface area contributed by atoms with E-state index in [0.29, 0.717) is 12.1 Å². The van der Waals surface area contributed by atoms with Gasteiger partial charge in [0.1, 0.15) is 0 Å². The van der Waals surface area contributed by atoms with Gasteiger partial charge in [-0.15, -0.1) is 0 Å². The molecule has 0 saturated carbocycles. The predicted octanol–water partition coefficient (Wildman–Crippen LogP) is 5.65. The fourth-order valence-corrected chi connectivity index (χ4v) is 3.16. The molecule has 126 valence electrons. The average Bonchev–Trinajstić information content (AvgIpc) is 2.55. The fourth-order valence-electron chi connectivity index (χ4n) is 2.93. The monoisotopic (exact) mass is 351 g/mol. The van der Waals surface area contributed by atoms with Gasteiger partial charge in [-0.1, -0.05) is 54.1 Å². The lowest BCUT2D eigenvalue weighted by molar-refractivity contribution is -0.137. The van der Waals surface area contributed by atoms with E-state index in [-0.39, 0.29) is 5.02 Å². The van der Waals surface area contributed by atoms with Gasteiger partial charge in [0.05, 0.1) is 10.6 Å². The van der Waals surface area contributed by atoms with Crippen LogP contribution in [0.3, 0.4) is 0 Å². The second kappa shape index (κ2) is 6.99. The topological polar surface area (TPSA) is 3.24 Å². The van der Waals surface area contributed by atoms with Crippen LogP contribution in [0.25, 0.3) is 5.57 Å². The molecule has 1 aliphatic rings. The van der Waals surface area contributed by atoms with Crippen LogP contribution in [0.5, 0.6) is 0 Å². The zero-order valence-corrected chi connectivity index (χ0v) is 13.7. The van der Waals surface area contributed by atoms with Gasteiger partial charge in [-0.3, -0.25) is 4.90 Å². The van der Waals surface area contributed by atoms with Gasteiger partial charge in [0, 0.05) is 19.6 Å². The van der Waals surface area contributed by atoms with Crippen molar-refractivity contribution in [3.8, 4) is 0 Å². The van der Waals surface area contributed by atoms with Gasteiger partial charge >= 0.3 is 6.18 Å². The van der Waals surface area contributed by atoms with Crippen molar-refractivity contribution in [3.63, 3.8) is 0 Å². The molecule has 0 fully saturated rings. The molecule has 2 aromatic rings. The summed E-state index contributed by atoms with van der Waals surface area (Å²) in [5.41, 5.74) is 1.93. The van der Waals surface area contributed by atoms with Crippen LogP contribution in [-0.4, -0.2) is 18.0 Å². The second-order valence-corrected chi connectivity index (χ2v) is 6.31. The predicted molar refractivity (Wildman–Crippen MR) is 90.8 cm³/mol. The van der Waals surface area contributed by atoms with Gasteiger partial charge in [0.15, 0.2) is 0 Å². The van der Waals surface area contributed by atoms with Crippen LogP contribution in [0.2, 0.25) is 5.02 Å². The van der Waals surface area contributed by atoms with E-state index in [9.17, 15) is 13.2 Å². The Morgan fingerprint density at radius 3 is 2.50 bits per heavy atom. The first-order valence-corrected chi connectivity index (χ1v) is 8.14. The third-order valence-electron chi connectivity index (χ3n) is 4.12. The van der Waals surface area contributed by atoms with E-state index in [1.807, 2.05) is 24.3 Å². The van der Waals surface area contributed by atoms with Crippen LogP contribution in [0, 0.1) is 0 Å². The Labute approximate surface area is 144 Å². The quantitative estimate of drug-likeness (QED) is 0.690. The molecular weight excluding hydrogens is 335 g/mol. The zero-order chi connectivity index (χ0) is 17.2. The van der Waals surface area contributed by atoms with Crippen LogP contribution in [-0.2, 0) is 12.7 Å². The Balaban J connectivity index is 1.79. The van der Waals surface area contributed by atoms with E-state index in [0.717, 1.165) is 31.1 Å². The summed E-state index contributed by atoms with van der Waals surface area (Å²) in [5.74, 6) is 0. The summed E-state index contributed by atoms with van der Waals surface area (Å²) in [6.07, 6.45) is -1.59. The van der Waals surface area contributed by atoms with E-state index >= 15 is 0 Å². The summed E-state index contributed by atoms with van der Waals surface area (Å²) in [6.45, 7) is 2.32. The summed E-state index contributed by atoms with van der Waals surface area (Å²) in [7, 11) is 0. The first kappa shape index (κ1) is 17.1. The highest BCUT2D eigenvalue weighted by Crippen LogP contribution is 2.36. The maximum absolute atomic E-state index is 13.0. The Morgan fingerprint density at radius 1 is 1.04 bits per heavy atom. The Bertz CT molecular complexity index is 738. The molecule has 0 unspecified atom stereocenters. The summed E-state index contributed by atoms with van der Waals surface area (Å²) >= 11 is 5.71. The number of nitrogens with zero attached hydrogens (tertiary/aromatic N) is 1. The number of alkyl halides is 3. The van der Waals surface area contributed by atoms with Crippen molar-refractivity contribution in [2.24, 2.45) is 0 Å². The van der Waals surface area contributed by atoms with Crippen molar-refractivity contribution in [3.05, 3.63) is 76.3 Å². The molecule has 5 heteroatoms. The molecule has 0 radical (unpaired) electrons. The van der Waals surface area contributed by atoms with Gasteiger partial charge in [0.25, 0.3) is 0 Å². The molecule has 0 aliphatic carbocycles. The lowest BCUT2D eigenvalue weighted by Gasteiger charge is -2.28. The molecule has 1 aliphatic heterocycles. The number of hydrogen-bond acceptors (Lipinski definition) is 1. The van der Waals surface area contributed by atoms with Gasteiger partial charge < -0.3 is 0 Å². The summed E-state index contributed by atoms with van der Waals surface area (Å²) in [4.78, 5) is 2.24. The maximum Gasteiger partial charge on any atom is 0.417 e. The molecule has 0 N–H and O–H groups in total. The Morgan fingerprint density at radius 2 is 1.79 bits per heavy atom.